The van der Waals surface area contributed by atoms with E-state index in [0.717, 1.165) is 10.6 Å². The van der Waals surface area contributed by atoms with E-state index >= 15 is 0 Å². The van der Waals surface area contributed by atoms with E-state index in [1.54, 1.807) is 24.3 Å². The summed E-state index contributed by atoms with van der Waals surface area (Å²) < 4.78 is 19.0. The minimum atomic E-state index is -0.938. The molecule has 2 aromatic carbocycles. The Balaban J connectivity index is 1.89. The van der Waals surface area contributed by atoms with E-state index in [4.69, 9.17) is 4.74 Å². The van der Waals surface area contributed by atoms with Crippen molar-refractivity contribution in [2.24, 2.45) is 0 Å². The highest BCUT2D eigenvalue weighted by atomic mass is 32.1. The number of aliphatic hydroxyl groups excluding tert-OH is 1. The molecule has 32 heavy (non-hydrogen) atoms. The van der Waals surface area contributed by atoms with Crippen molar-refractivity contribution in [1.29, 1.82) is 0 Å². The van der Waals surface area contributed by atoms with E-state index in [-0.39, 0.29) is 11.3 Å². The molecule has 1 aliphatic heterocycles. The SMILES string of the molecule is CCOc1ccc(/C(O)=C2\C(=O)C(=O)N(c3nc(C)c(C)s3)[C@@H]2c2ccc(F)cc2)cc1. The summed E-state index contributed by atoms with van der Waals surface area (Å²) in [6.45, 7) is 6.05. The van der Waals surface area contributed by atoms with Gasteiger partial charge in [0.15, 0.2) is 5.13 Å². The monoisotopic (exact) mass is 452 g/mol. The van der Waals surface area contributed by atoms with Gasteiger partial charge in [0.1, 0.15) is 17.3 Å². The molecule has 1 fully saturated rings. The van der Waals surface area contributed by atoms with Crippen LogP contribution in [0.4, 0.5) is 9.52 Å². The van der Waals surface area contributed by atoms with Crippen LogP contribution in [0.1, 0.15) is 34.7 Å². The van der Waals surface area contributed by atoms with Crippen LogP contribution in [0.25, 0.3) is 5.76 Å². The topological polar surface area (TPSA) is 79.7 Å². The van der Waals surface area contributed by atoms with Gasteiger partial charge in [-0.05, 0) is 62.7 Å². The third-order valence-corrected chi connectivity index (χ3v) is 6.36. The van der Waals surface area contributed by atoms with Crippen molar-refractivity contribution in [1.82, 2.24) is 4.98 Å². The van der Waals surface area contributed by atoms with Crippen molar-refractivity contribution in [2.45, 2.75) is 26.8 Å². The Bertz CT molecular complexity index is 1200. The predicted octanol–water partition coefficient (Wildman–Crippen LogP) is 4.92. The lowest BCUT2D eigenvalue weighted by Gasteiger charge is -2.23. The third-order valence-electron chi connectivity index (χ3n) is 5.29. The normalized spacial score (nSPS) is 17.8. The summed E-state index contributed by atoms with van der Waals surface area (Å²) >= 11 is 1.28. The lowest BCUT2D eigenvalue weighted by atomic mass is 9.95. The Labute approximate surface area is 188 Å². The largest absolute Gasteiger partial charge is 0.507 e. The van der Waals surface area contributed by atoms with Crippen LogP contribution in [-0.4, -0.2) is 28.4 Å². The Morgan fingerprint density at radius 3 is 2.34 bits per heavy atom. The molecule has 0 bridgehead atoms. The van der Waals surface area contributed by atoms with Crippen molar-refractivity contribution in [2.75, 3.05) is 11.5 Å². The van der Waals surface area contributed by atoms with Crippen molar-refractivity contribution < 1.29 is 23.8 Å². The molecule has 1 N–H and O–H groups in total. The molecule has 1 atom stereocenters. The Hall–Kier alpha value is -3.52. The summed E-state index contributed by atoms with van der Waals surface area (Å²) in [7, 11) is 0. The summed E-state index contributed by atoms with van der Waals surface area (Å²) in [5.74, 6) is -1.75. The van der Waals surface area contributed by atoms with Crippen molar-refractivity contribution in [3.63, 3.8) is 0 Å². The molecule has 0 spiro atoms. The summed E-state index contributed by atoms with van der Waals surface area (Å²) in [6, 6.07) is 11.2. The average Bonchev–Trinajstić information content (AvgIpc) is 3.24. The highest BCUT2D eigenvalue weighted by molar-refractivity contribution is 7.16. The number of hydrogen-bond donors (Lipinski definition) is 1. The second-order valence-corrected chi connectivity index (χ2v) is 8.50. The zero-order chi connectivity index (χ0) is 23.0. The number of Topliss-reactive ketones (excluding diaryl/α,β-unsaturated/α-hetero) is 1. The molecule has 0 unspecified atom stereocenters. The quantitative estimate of drug-likeness (QED) is 0.338. The fraction of sp³-hybridized carbons (Fsp3) is 0.208. The second kappa shape index (κ2) is 8.55. The number of amides is 1. The van der Waals surface area contributed by atoms with Crippen molar-refractivity contribution in [3.8, 4) is 5.75 Å². The van der Waals surface area contributed by atoms with Gasteiger partial charge in [-0.3, -0.25) is 14.5 Å². The molecule has 1 aromatic heterocycles. The van der Waals surface area contributed by atoms with Crippen molar-refractivity contribution in [3.05, 3.63) is 81.6 Å². The maximum Gasteiger partial charge on any atom is 0.301 e. The van der Waals surface area contributed by atoms with Gasteiger partial charge >= 0.3 is 5.91 Å². The standard InChI is InChI=1S/C24H21FN2O4S/c1-4-31-18-11-7-16(8-12-18)21(28)19-20(15-5-9-17(25)10-6-15)27(23(30)22(19)29)24-26-13(2)14(3)32-24/h5-12,20,28H,4H2,1-3H3/b21-19+/t20-/m1/s1. The van der Waals surface area contributed by atoms with E-state index in [1.165, 1.54) is 40.5 Å². The smallest absolute Gasteiger partial charge is 0.301 e. The lowest BCUT2D eigenvalue weighted by Crippen LogP contribution is -2.29. The van der Waals surface area contributed by atoms with E-state index in [2.05, 4.69) is 4.98 Å². The highest BCUT2D eigenvalue weighted by Gasteiger charge is 2.48. The van der Waals surface area contributed by atoms with E-state index in [1.807, 2.05) is 20.8 Å². The molecule has 3 aromatic rings. The minimum absolute atomic E-state index is 0.0729. The van der Waals surface area contributed by atoms with Crippen LogP contribution in [0.15, 0.2) is 54.1 Å². The molecule has 8 heteroatoms. The molecule has 2 heterocycles. The average molecular weight is 453 g/mol. The van der Waals surface area contributed by atoms with Gasteiger partial charge in [0.2, 0.25) is 0 Å². The number of ether oxygens (including phenoxy) is 1. The fourth-order valence-corrected chi connectivity index (χ4v) is 4.52. The number of ketones is 1. The molecule has 0 saturated carbocycles. The molecule has 0 radical (unpaired) electrons. The van der Waals surface area contributed by atoms with Crippen LogP contribution in [0.2, 0.25) is 0 Å². The number of rotatable bonds is 5. The van der Waals surface area contributed by atoms with Gasteiger partial charge in [0.25, 0.3) is 5.78 Å². The molecule has 164 valence electrons. The van der Waals surface area contributed by atoms with E-state index < -0.39 is 23.5 Å². The number of benzene rings is 2. The number of aliphatic hydroxyl groups is 1. The number of nitrogens with zero attached hydrogens (tertiary/aromatic N) is 2. The summed E-state index contributed by atoms with van der Waals surface area (Å²) in [5.41, 5.74) is 1.53. The number of anilines is 1. The Morgan fingerprint density at radius 1 is 1.12 bits per heavy atom. The van der Waals surface area contributed by atoms with Gasteiger partial charge < -0.3 is 9.84 Å². The first-order chi connectivity index (χ1) is 15.3. The van der Waals surface area contributed by atoms with E-state index in [9.17, 15) is 19.1 Å². The van der Waals surface area contributed by atoms with Crippen LogP contribution in [0.5, 0.6) is 5.75 Å². The second-order valence-electron chi connectivity index (χ2n) is 7.32. The first kappa shape index (κ1) is 21.7. The van der Waals surface area contributed by atoms with Gasteiger partial charge in [0.05, 0.1) is 23.9 Å². The molecular formula is C24H21FN2O4S. The molecule has 1 saturated heterocycles. The van der Waals surface area contributed by atoms with Crippen LogP contribution in [0, 0.1) is 19.7 Å². The number of aryl methyl sites for hydroxylation is 2. The molecule has 1 aliphatic rings. The van der Waals surface area contributed by atoms with Crippen molar-refractivity contribution >= 4 is 33.9 Å². The number of carbonyl (C=O) groups excluding carboxylic acids is 2. The first-order valence-electron chi connectivity index (χ1n) is 10.1. The minimum Gasteiger partial charge on any atom is -0.507 e. The maximum atomic E-state index is 13.6. The highest BCUT2D eigenvalue weighted by Crippen LogP contribution is 2.43. The zero-order valence-corrected chi connectivity index (χ0v) is 18.6. The Kier molecular flexibility index (Phi) is 5.80. The summed E-state index contributed by atoms with van der Waals surface area (Å²) in [5, 5.41) is 11.4. The number of carbonyl (C=O) groups is 2. The first-order valence-corrected chi connectivity index (χ1v) is 10.9. The fourth-order valence-electron chi connectivity index (χ4n) is 3.58. The summed E-state index contributed by atoms with van der Waals surface area (Å²) in [4.78, 5) is 32.8. The van der Waals surface area contributed by atoms with Crippen LogP contribution < -0.4 is 9.64 Å². The Morgan fingerprint density at radius 2 is 1.78 bits per heavy atom. The van der Waals surface area contributed by atoms with Crippen LogP contribution in [0.3, 0.4) is 0 Å². The third kappa shape index (κ3) is 3.78. The van der Waals surface area contributed by atoms with Crippen LogP contribution in [-0.2, 0) is 9.59 Å². The molecule has 0 aliphatic carbocycles. The number of aromatic nitrogens is 1. The van der Waals surface area contributed by atoms with Gasteiger partial charge in [0, 0.05) is 10.4 Å². The number of thiazole rings is 1. The van der Waals surface area contributed by atoms with Crippen LogP contribution >= 0.6 is 11.3 Å². The van der Waals surface area contributed by atoms with Gasteiger partial charge in [-0.1, -0.05) is 12.1 Å². The van der Waals surface area contributed by atoms with Gasteiger partial charge in [-0.2, -0.15) is 0 Å². The molecule has 1 amide bonds. The van der Waals surface area contributed by atoms with Gasteiger partial charge in [-0.15, -0.1) is 11.3 Å². The summed E-state index contributed by atoms with van der Waals surface area (Å²) in [6.07, 6.45) is 0. The zero-order valence-electron chi connectivity index (χ0n) is 17.8. The van der Waals surface area contributed by atoms with Gasteiger partial charge in [-0.25, -0.2) is 9.37 Å². The maximum absolute atomic E-state index is 13.6. The molecule has 6 nitrogen and oxygen atoms in total. The predicted molar refractivity (Wildman–Crippen MR) is 120 cm³/mol. The molecular weight excluding hydrogens is 431 g/mol. The van der Waals surface area contributed by atoms with E-state index in [0.29, 0.717) is 28.6 Å². The lowest BCUT2D eigenvalue weighted by molar-refractivity contribution is -0.132. The number of hydrogen-bond acceptors (Lipinski definition) is 6. The molecule has 4 rings (SSSR count). The number of halogens is 1.